The summed E-state index contributed by atoms with van der Waals surface area (Å²) in [5.41, 5.74) is 0.742. The summed E-state index contributed by atoms with van der Waals surface area (Å²) in [4.78, 5) is 41.7. The first-order valence-electron chi connectivity index (χ1n) is 11.3. The first-order chi connectivity index (χ1) is 15.5. The molecular formula is C24H30N4O4. The smallest absolute Gasteiger partial charge is 0.306 e. The number of nitrogens with zero attached hydrogens (tertiary/aromatic N) is 3. The third-order valence-corrected chi connectivity index (χ3v) is 5.89. The van der Waals surface area contributed by atoms with Crippen molar-refractivity contribution >= 4 is 22.9 Å². The lowest BCUT2D eigenvalue weighted by atomic mass is 9.83. The van der Waals surface area contributed by atoms with Crippen LogP contribution in [0.1, 0.15) is 64.0 Å². The zero-order valence-electron chi connectivity index (χ0n) is 18.6. The Bertz CT molecular complexity index is 1060. The van der Waals surface area contributed by atoms with Crippen LogP contribution in [-0.2, 0) is 27.3 Å². The maximum Gasteiger partial charge on any atom is 0.306 e. The molecule has 0 saturated heterocycles. The van der Waals surface area contributed by atoms with E-state index in [2.05, 4.69) is 23.3 Å². The number of amides is 1. The Labute approximate surface area is 187 Å². The number of benzene rings is 1. The lowest BCUT2D eigenvalue weighted by Crippen LogP contribution is -2.50. The van der Waals surface area contributed by atoms with Crippen molar-refractivity contribution in [3.8, 4) is 6.07 Å². The Balaban J connectivity index is 1.59. The molecule has 1 fully saturated rings. The highest BCUT2D eigenvalue weighted by atomic mass is 16.5. The molecule has 0 atom stereocenters. The molecule has 1 aliphatic rings. The van der Waals surface area contributed by atoms with Crippen molar-refractivity contribution in [3.05, 3.63) is 40.3 Å². The summed E-state index contributed by atoms with van der Waals surface area (Å²) in [6.07, 6.45) is 5.97. The van der Waals surface area contributed by atoms with Gasteiger partial charge in [0.1, 0.15) is 11.2 Å². The Morgan fingerprint density at radius 1 is 1.25 bits per heavy atom. The van der Waals surface area contributed by atoms with Crippen LogP contribution in [0, 0.1) is 11.3 Å². The number of nitriles is 1. The van der Waals surface area contributed by atoms with Gasteiger partial charge in [-0.05, 0) is 31.4 Å². The number of aryl methyl sites for hydroxylation is 2. The Kier molecular flexibility index (Phi) is 7.98. The van der Waals surface area contributed by atoms with Gasteiger partial charge in [-0.25, -0.2) is 4.98 Å². The Hall–Kier alpha value is -3.21. The molecule has 170 valence electrons. The summed E-state index contributed by atoms with van der Waals surface area (Å²) in [5.74, 6) is -1.06. The van der Waals surface area contributed by atoms with Crippen LogP contribution in [0.3, 0.4) is 0 Å². The predicted octanol–water partition coefficient (Wildman–Crippen LogP) is 3.02. The number of carbonyl (C=O) groups excluding carboxylic acids is 2. The number of ether oxygens (including phenoxy) is 1. The fraction of sp³-hybridized carbons (Fsp3) is 0.542. The molecule has 2 aromatic rings. The van der Waals surface area contributed by atoms with Gasteiger partial charge in [-0.1, -0.05) is 44.7 Å². The van der Waals surface area contributed by atoms with Crippen molar-refractivity contribution in [2.45, 2.75) is 76.8 Å². The van der Waals surface area contributed by atoms with Gasteiger partial charge < -0.3 is 14.6 Å². The zero-order chi connectivity index (χ0) is 23.0. The van der Waals surface area contributed by atoms with Crippen LogP contribution in [0.5, 0.6) is 0 Å². The SMILES string of the molecule is CCCCn1c(=O)c(CCC(=O)OCC(=O)NC2(C#N)CCCCC2)nc2ccccc21. The minimum absolute atomic E-state index is 0.0506. The first-order valence-corrected chi connectivity index (χ1v) is 11.3. The standard InChI is InChI=1S/C24H30N4O4/c1-2-3-15-28-20-10-6-5-9-18(20)26-19(23(28)31)11-12-22(30)32-16-21(29)27-24(17-25)13-7-4-8-14-24/h5-6,9-10H,2-4,7-8,11-16H2,1H3,(H,27,29). The molecular weight excluding hydrogens is 408 g/mol. The van der Waals surface area contributed by atoms with E-state index in [1.165, 1.54) is 0 Å². The van der Waals surface area contributed by atoms with E-state index in [0.29, 0.717) is 30.6 Å². The normalized spacial score (nSPS) is 15.1. The number of aromatic nitrogens is 2. The second-order valence-electron chi connectivity index (χ2n) is 8.32. The molecule has 8 nitrogen and oxygen atoms in total. The van der Waals surface area contributed by atoms with Crippen molar-refractivity contribution in [1.29, 1.82) is 5.26 Å². The largest absolute Gasteiger partial charge is 0.456 e. The Morgan fingerprint density at radius 2 is 2.00 bits per heavy atom. The highest BCUT2D eigenvalue weighted by Crippen LogP contribution is 2.27. The fourth-order valence-corrected chi connectivity index (χ4v) is 4.11. The highest BCUT2D eigenvalue weighted by Gasteiger charge is 2.33. The minimum Gasteiger partial charge on any atom is -0.456 e. The van der Waals surface area contributed by atoms with Crippen LogP contribution >= 0.6 is 0 Å². The fourth-order valence-electron chi connectivity index (χ4n) is 4.11. The molecule has 0 spiro atoms. The molecule has 32 heavy (non-hydrogen) atoms. The van der Waals surface area contributed by atoms with Crippen LogP contribution < -0.4 is 10.9 Å². The van der Waals surface area contributed by atoms with Crippen LogP contribution in [0.4, 0.5) is 0 Å². The molecule has 1 N–H and O–H groups in total. The molecule has 0 aliphatic heterocycles. The van der Waals surface area contributed by atoms with Gasteiger partial charge in [-0.3, -0.25) is 14.4 Å². The third-order valence-electron chi connectivity index (χ3n) is 5.89. The molecule has 0 bridgehead atoms. The van der Waals surface area contributed by atoms with Gasteiger partial charge in [0, 0.05) is 13.0 Å². The van der Waals surface area contributed by atoms with Crippen LogP contribution in [0.25, 0.3) is 11.0 Å². The van der Waals surface area contributed by atoms with E-state index < -0.39 is 24.0 Å². The van der Waals surface area contributed by atoms with Crippen molar-refractivity contribution < 1.29 is 14.3 Å². The first kappa shape index (κ1) is 23.5. The Morgan fingerprint density at radius 3 is 2.72 bits per heavy atom. The quantitative estimate of drug-likeness (QED) is 0.602. The molecule has 1 aromatic heterocycles. The van der Waals surface area contributed by atoms with Crippen LogP contribution in [0.2, 0.25) is 0 Å². The number of para-hydroxylation sites is 2. The van der Waals surface area contributed by atoms with Gasteiger partial charge >= 0.3 is 5.97 Å². The summed E-state index contributed by atoms with van der Waals surface area (Å²) in [6.45, 7) is 2.22. The summed E-state index contributed by atoms with van der Waals surface area (Å²) < 4.78 is 6.80. The van der Waals surface area contributed by atoms with Crippen molar-refractivity contribution in [2.24, 2.45) is 0 Å². The zero-order valence-corrected chi connectivity index (χ0v) is 18.6. The summed E-state index contributed by atoms with van der Waals surface area (Å²) in [5, 5.41) is 12.2. The van der Waals surface area contributed by atoms with Crippen molar-refractivity contribution in [2.75, 3.05) is 6.61 Å². The number of hydrogen-bond donors (Lipinski definition) is 1. The maximum atomic E-state index is 12.9. The average molecular weight is 439 g/mol. The number of nitrogens with one attached hydrogen (secondary N) is 1. The highest BCUT2D eigenvalue weighted by molar-refractivity contribution is 5.81. The third kappa shape index (κ3) is 5.72. The molecule has 1 aromatic carbocycles. The van der Waals surface area contributed by atoms with Crippen molar-refractivity contribution in [3.63, 3.8) is 0 Å². The van der Waals surface area contributed by atoms with Gasteiger partial charge in [0.25, 0.3) is 11.5 Å². The average Bonchev–Trinajstić information content (AvgIpc) is 2.81. The molecule has 1 saturated carbocycles. The van der Waals surface area contributed by atoms with Gasteiger partial charge in [0.2, 0.25) is 0 Å². The van der Waals surface area contributed by atoms with Crippen LogP contribution in [0.15, 0.2) is 29.1 Å². The number of carbonyl (C=O) groups is 2. The van der Waals surface area contributed by atoms with E-state index in [0.717, 1.165) is 37.6 Å². The predicted molar refractivity (Wildman–Crippen MR) is 120 cm³/mol. The number of fused-ring (bicyclic) bond motifs is 1. The van der Waals surface area contributed by atoms with Gasteiger partial charge in [-0.2, -0.15) is 5.26 Å². The molecule has 1 amide bonds. The molecule has 8 heteroatoms. The second-order valence-corrected chi connectivity index (χ2v) is 8.32. The second kappa shape index (κ2) is 10.9. The number of rotatable bonds is 9. The van der Waals surface area contributed by atoms with E-state index in [-0.39, 0.29) is 18.4 Å². The summed E-state index contributed by atoms with van der Waals surface area (Å²) >= 11 is 0. The van der Waals surface area contributed by atoms with Gasteiger partial charge in [0.05, 0.1) is 23.5 Å². The molecule has 1 heterocycles. The lowest BCUT2D eigenvalue weighted by Gasteiger charge is -2.31. The van der Waals surface area contributed by atoms with E-state index in [4.69, 9.17) is 4.74 Å². The van der Waals surface area contributed by atoms with Crippen LogP contribution in [-0.4, -0.2) is 33.6 Å². The maximum absolute atomic E-state index is 12.9. The monoisotopic (exact) mass is 438 g/mol. The molecule has 1 aliphatic carbocycles. The van der Waals surface area contributed by atoms with E-state index in [1.807, 2.05) is 24.3 Å². The van der Waals surface area contributed by atoms with Gasteiger partial charge in [-0.15, -0.1) is 0 Å². The lowest BCUT2D eigenvalue weighted by molar-refractivity contribution is -0.149. The number of hydrogen-bond acceptors (Lipinski definition) is 6. The number of esters is 1. The topological polar surface area (TPSA) is 114 Å². The molecule has 3 rings (SSSR count). The molecule has 0 radical (unpaired) electrons. The molecule has 0 unspecified atom stereocenters. The summed E-state index contributed by atoms with van der Waals surface area (Å²) in [7, 11) is 0. The number of unbranched alkanes of at least 4 members (excludes halogenated alkanes) is 1. The minimum atomic E-state index is -0.861. The van der Waals surface area contributed by atoms with E-state index in [9.17, 15) is 19.6 Å². The van der Waals surface area contributed by atoms with Gasteiger partial charge in [0.15, 0.2) is 6.61 Å². The van der Waals surface area contributed by atoms with E-state index >= 15 is 0 Å². The van der Waals surface area contributed by atoms with Crippen molar-refractivity contribution in [1.82, 2.24) is 14.9 Å². The van der Waals surface area contributed by atoms with E-state index in [1.54, 1.807) is 4.57 Å². The summed E-state index contributed by atoms with van der Waals surface area (Å²) in [6, 6.07) is 9.66.